The number of fused-ring (bicyclic) bond motifs is 1. The fourth-order valence-electron chi connectivity index (χ4n) is 6.98. The molecular weight excluding hydrogens is 380 g/mol. The van der Waals surface area contributed by atoms with E-state index in [0.717, 1.165) is 54.6 Å². The molecule has 0 heterocycles. The molecule has 3 aliphatic carbocycles. The maximum Gasteiger partial charge on any atom is 0.103 e. The summed E-state index contributed by atoms with van der Waals surface area (Å²) in [4.78, 5) is 0. The third-order valence-electron chi connectivity index (χ3n) is 8.72. The van der Waals surface area contributed by atoms with Gasteiger partial charge in [-0.3, -0.25) is 0 Å². The number of ether oxygens (including phenoxy) is 1. The monoisotopic (exact) mass is 426 g/mol. The maximum atomic E-state index is 10.1. The second-order valence-electron chi connectivity index (χ2n) is 11.5. The molecule has 2 nitrogen and oxygen atoms in total. The van der Waals surface area contributed by atoms with E-state index in [1.54, 1.807) is 12.7 Å². The Morgan fingerprint density at radius 1 is 1.19 bits per heavy atom. The highest BCUT2D eigenvalue weighted by Crippen LogP contribution is 2.60. The van der Waals surface area contributed by atoms with Gasteiger partial charge in [0.2, 0.25) is 0 Å². The molecule has 5 atom stereocenters. The van der Waals surface area contributed by atoms with Gasteiger partial charge < -0.3 is 9.84 Å². The van der Waals surface area contributed by atoms with E-state index in [2.05, 4.69) is 39.2 Å². The summed E-state index contributed by atoms with van der Waals surface area (Å²) >= 11 is 0. The van der Waals surface area contributed by atoms with Crippen molar-refractivity contribution < 1.29 is 9.84 Å². The second-order valence-corrected chi connectivity index (χ2v) is 11.5. The standard InChI is InChI=1S/C29H46O2/c1-20(10-8-18-28(4,5)30)25-16-17-26-24(11-9-19-29(25,26)6)15-14-23-13-12-21(2)27(31-7)22(23)3/h14-15,20,25-27,30H,2-3,8-13,16-19H2,1,4-7H3/b23-14-,24-15+/t20-,25?,26-,27-,29+/m0/s1. The van der Waals surface area contributed by atoms with Crippen LogP contribution < -0.4 is 0 Å². The zero-order valence-electron chi connectivity index (χ0n) is 20.8. The summed E-state index contributed by atoms with van der Waals surface area (Å²) in [7, 11) is 1.76. The van der Waals surface area contributed by atoms with Crippen molar-refractivity contribution in [1.82, 2.24) is 0 Å². The minimum absolute atomic E-state index is 0.0179. The van der Waals surface area contributed by atoms with Crippen molar-refractivity contribution in [3.05, 3.63) is 47.6 Å². The van der Waals surface area contributed by atoms with E-state index >= 15 is 0 Å². The van der Waals surface area contributed by atoms with Crippen LogP contribution >= 0.6 is 0 Å². The minimum atomic E-state index is -0.534. The quantitative estimate of drug-likeness (QED) is 0.426. The normalized spacial score (nSPS) is 35.6. The Kier molecular flexibility index (Phi) is 7.75. The largest absolute Gasteiger partial charge is 0.390 e. The molecule has 0 amide bonds. The average Bonchev–Trinajstić information content (AvgIpc) is 3.04. The van der Waals surface area contributed by atoms with E-state index in [1.807, 2.05) is 13.8 Å². The van der Waals surface area contributed by atoms with Crippen LogP contribution in [0.4, 0.5) is 0 Å². The van der Waals surface area contributed by atoms with Crippen molar-refractivity contribution in [2.24, 2.45) is 23.2 Å². The van der Waals surface area contributed by atoms with Crippen LogP contribution in [0, 0.1) is 23.2 Å². The van der Waals surface area contributed by atoms with E-state index in [9.17, 15) is 5.11 Å². The topological polar surface area (TPSA) is 29.5 Å². The third kappa shape index (κ3) is 5.45. The molecule has 3 fully saturated rings. The van der Waals surface area contributed by atoms with Crippen LogP contribution in [-0.4, -0.2) is 23.9 Å². The van der Waals surface area contributed by atoms with Gasteiger partial charge in [0.05, 0.1) is 5.60 Å². The summed E-state index contributed by atoms with van der Waals surface area (Å²) in [6, 6.07) is 0. The zero-order chi connectivity index (χ0) is 22.8. The predicted molar refractivity (Wildman–Crippen MR) is 132 cm³/mol. The molecule has 1 N–H and O–H groups in total. The Morgan fingerprint density at radius 2 is 1.94 bits per heavy atom. The highest BCUT2D eigenvalue weighted by atomic mass is 16.5. The molecule has 0 saturated heterocycles. The van der Waals surface area contributed by atoms with Gasteiger partial charge in [-0.05, 0) is 105 Å². The number of aliphatic hydroxyl groups is 1. The van der Waals surface area contributed by atoms with Gasteiger partial charge in [0.25, 0.3) is 0 Å². The van der Waals surface area contributed by atoms with Crippen LogP contribution in [0.2, 0.25) is 0 Å². The van der Waals surface area contributed by atoms with Crippen molar-refractivity contribution in [1.29, 1.82) is 0 Å². The van der Waals surface area contributed by atoms with Crippen molar-refractivity contribution in [2.45, 2.75) is 104 Å². The number of rotatable bonds is 7. The first-order valence-corrected chi connectivity index (χ1v) is 12.6. The molecule has 174 valence electrons. The predicted octanol–water partition coefficient (Wildman–Crippen LogP) is 7.55. The highest BCUT2D eigenvalue weighted by molar-refractivity contribution is 5.43. The summed E-state index contributed by atoms with van der Waals surface area (Å²) in [5, 5.41) is 10.1. The first-order chi connectivity index (χ1) is 14.6. The van der Waals surface area contributed by atoms with Gasteiger partial charge in [-0.2, -0.15) is 0 Å². The summed E-state index contributed by atoms with van der Waals surface area (Å²) in [5.74, 6) is 2.27. The summed E-state index contributed by atoms with van der Waals surface area (Å²) < 4.78 is 5.64. The second kappa shape index (κ2) is 9.79. The Hall–Kier alpha value is -1.12. The molecule has 2 heteroatoms. The van der Waals surface area contributed by atoms with E-state index in [4.69, 9.17) is 4.74 Å². The first kappa shape index (κ1) is 24.5. The summed E-state index contributed by atoms with van der Waals surface area (Å²) in [6.45, 7) is 17.4. The lowest BCUT2D eigenvalue weighted by atomic mass is 9.60. The van der Waals surface area contributed by atoms with Gasteiger partial charge in [-0.25, -0.2) is 0 Å². The van der Waals surface area contributed by atoms with E-state index in [0.29, 0.717) is 5.41 Å². The van der Waals surface area contributed by atoms with Crippen LogP contribution in [0.3, 0.4) is 0 Å². The molecular formula is C29H46O2. The fourth-order valence-corrected chi connectivity index (χ4v) is 6.98. The molecule has 3 rings (SSSR count). The van der Waals surface area contributed by atoms with Crippen LogP contribution in [0.15, 0.2) is 47.6 Å². The molecule has 0 aliphatic heterocycles. The van der Waals surface area contributed by atoms with Gasteiger partial charge in [0.1, 0.15) is 6.10 Å². The lowest BCUT2D eigenvalue weighted by molar-refractivity contribution is 0.0597. The maximum absolute atomic E-state index is 10.1. The molecule has 31 heavy (non-hydrogen) atoms. The minimum Gasteiger partial charge on any atom is -0.390 e. The van der Waals surface area contributed by atoms with E-state index in [1.165, 1.54) is 44.1 Å². The van der Waals surface area contributed by atoms with Crippen LogP contribution in [0.25, 0.3) is 0 Å². The van der Waals surface area contributed by atoms with E-state index < -0.39 is 5.60 Å². The molecule has 0 aromatic heterocycles. The molecule has 3 saturated carbocycles. The highest BCUT2D eigenvalue weighted by Gasteiger charge is 2.50. The first-order valence-electron chi connectivity index (χ1n) is 12.6. The number of methoxy groups -OCH3 is 1. The number of allylic oxidation sites excluding steroid dienone is 3. The van der Waals surface area contributed by atoms with Crippen LogP contribution in [-0.2, 0) is 4.74 Å². The Balaban J connectivity index is 1.70. The Labute approximate surface area is 191 Å². The van der Waals surface area contributed by atoms with E-state index in [-0.39, 0.29) is 6.10 Å². The molecule has 0 bridgehead atoms. The molecule has 3 aliphatic rings. The van der Waals surface area contributed by atoms with Gasteiger partial charge in [0.15, 0.2) is 0 Å². The van der Waals surface area contributed by atoms with Crippen molar-refractivity contribution in [2.75, 3.05) is 7.11 Å². The molecule has 0 aromatic rings. The molecule has 0 spiro atoms. The number of hydrogen-bond acceptors (Lipinski definition) is 2. The fraction of sp³-hybridized carbons (Fsp3) is 0.724. The van der Waals surface area contributed by atoms with Crippen LogP contribution in [0.1, 0.15) is 91.9 Å². The van der Waals surface area contributed by atoms with Crippen molar-refractivity contribution in [3.8, 4) is 0 Å². The zero-order valence-corrected chi connectivity index (χ0v) is 20.8. The lowest BCUT2D eigenvalue weighted by Gasteiger charge is -2.44. The smallest absolute Gasteiger partial charge is 0.103 e. The Bertz CT molecular complexity index is 734. The molecule has 0 radical (unpaired) electrons. The number of hydrogen-bond donors (Lipinski definition) is 1. The average molecular weight is 427 g/mol. The lowest BCUT2D eigenvalue weighted by Crippen LogP contribution is -2.36. The van der Waals surface area contributed by atoms with Crippen LogP contribution in [0.5, 0.6) is 0 Å². The van der Waals surface area contributed by atoms with Gasteiger partial charge in [0, 0.05) is 7.11 Å². The van der Waals surface area contributed by atoms with Crippen molar-refractivity contribution >= 4 is 0 Å². The Morgan fingerprint density at radius 3 is 2.61 bits per heavy atom. The molecule has 1 unspecified atom stereocenters. The summed E-state index contributed by atoms with van der Waals surface area (Å²) in [6.07, 6.45) is 16.7. The SMILES string of the molecule is C=C1CC/C(=C/C=C2\CCC[C@]3(C)C([C@@H](C)CCCC(C)(C)O)CC[C@@H]23)C(=C)[C@H]1OC. The molecule has 0 aromatic carbocycles. The summed E-state index contributed by atoms with van der Waals surface area (Å²) in [5.41, 5.74) is 5.16. The van der Waals surface area contributed by atoms with Gasteiger partial charge in [-0.1, -0.05) is 57.6 Å². The third-order valence-corrected chi connectivity index (χ3v) is 8.72. The van der Waals surface area contributed by atoms with Gasteiger partial charge >= 0.3 is 0 Å². The van der Waals surface area contributed by atoms with Crippen molar-refractivity contribution in [3.63, 3.8) is 0 Å². The van der Waals surface area contributed by atoms with Gasteiger partial charge in [-0.15, -0.1) is 0 Å².